The minimum atomic E-state index is -1.14. The van der Waals surface area contributed by atoms with Crippen molar-refractivity contribution < 1.29 is 14.3 Å². The molecule has 0 radical (unpaired) electrons. The van der Waals surface area contributed by atoms with E-state index in [2.05, 4.69) is 0 Å². The van der Waals surface area contributed by atoms with Gasteiger partial charge in [-0.3, -0.25) is 4.79 Å². The molecule has 0 aromatic heterocycles. The Morgan fingerprint density at radius 1 is 1.21 bits per heavy atom. The lowest BCUT2D eigenvalue weighted by atomic mass is 9.48. The van der Waals surface area contributed by atoms with Crippen molar-refractivity contribution in [2.75, 3.05) is 0 Å². The van der Waals surface area contributed by atoms with Crippen LogP contribution in [-0.2, 0) is 4.79 Å². The van der Waals surface area contributed by atoms with Crippen molar-refractivity contribution in [3.63, 3.8) is 0 Å². The highest BCUT2D eigenvalue weighted by atomic mass is 19.1. The molecule has 0 amide bonds. The minimum Gasteiger partial charge on any atom is -0.481 e. The maximum atomic E-state index is 14.2. The summed E-state index contributed by atoms with van der Waals surface area (Å²) in [7, 11) is 0. The van der Waals surface area contributed by atoms with Crippen LogP contribution in [0.4, 0.5) is 4.39 Å². The quantitative estimate of drug-likeness (QED) is 0.702. The molecule has 0 unspecified atom stereocenters. The van der Waals surface area contributed by atoms with Crippen LogP contribution in [0.3, 0.4) is 0 Å². The summed E-state index contributed by atoms with van der Waals surface area (Å²) in [5.74, 6) is -0.0664. The third-order valence-corrected chi connectivity index (χ3v) is 4.44. The van der Waals surface area contributed by atoms with Gasteiger partial charge in [-0.25, -0.2) is 4.39 Å². The van der Waals surface area contributed by atoms with Gasteiger partial charge in [0.25, 0.3) is 0 Å². The first-order valence-corrected chi connectivity index (χ1v) is 5.44. The fraction of sp³-hybridized carbons (Fsp3) is 0.909. The molecular formula is C11H15FO2. The Bertz CT molecular complexity index is 286. The fourth-order valence-corrected chi connectivity index (χ4v) is 4.40. The second-order valence-electron chi connectivity index (χ2n) is 5.70. The molecule has 1 N–H and O–H groups in total. The molecule has 0 aliphatic heterocycles. The van der Waals surface area contributed by atoms with E-state index in [1.54, 1.807) is 0 Å². The summed E-state index contributed by atoms with van der Waals surface area (Å²) in [5, 5.41) is 9.23. The zero-order valence-electron chi connectivity index (χ0n) is 8.13. The lowest BCUT2D eigenvalue weighted by Crippen LogP contribution is -2.56. The number of carboxylic acids is 1. The summed E-state index contributed by atoms with van der Waals surface area (Å²) < 4.78 is 14.2. The molecule has 4 aliphatic rings. The van der Waals surface area contributed by atoms with Crippen LogP contribution in [0.25, 0.3) is 0 Å². The molecule has 4 aliphatic carbocycles. The predicted octanol–water partition coefficient (Wildman–Crippen LogP) is 2.38. The van der Waals surface area contributed by atoms with Crippen LogP contribution >= 0.6 is 0 Å². The third kappa shape index (κ3) is 0.984. The number of hydrogen-bond acceptors (Lipinski definition) is 1. The third-order valence-electron chi connectivity index (χ3n) is 4.44. The van der Waals surface area contributed by atoms with E-state index in [0.29, 0.717) is 24.7 Å². The van der Waals surface area contributed by atoms with Crippen LogP contribution in [-0.4, -0.2) is 16.7 Å². The molecule has 0 spiro atoms. The number of alkyl halides is 1. The lowest BCUT2D eigenvalue weighted by Gasteiger charge is -2.57. The van der Waals surface area contributed by atoms with E-state index in [1.807, 2.05) is 0 Å². The van der Waals surface area contributed by atoms with Gasteiger partial charge in [-0.05, 0) is 50.4 Å². The Morgan fingerprint density at radius 3 is 2.21 bits per heavy atom. The van der Waals surface area contributed by atoms with E-state index in [0.717, 1.165) is 19.3 Å². The highest BCUT2D eigenvalue weighted by Crippen LogP contribution is 2.62. The van der Waals surface area contributed by atoms with Gasteiger partial charge in [-0.2, -0.15) is 0 Å². The van der Waals surface area contributed by atoms with Crippen molar-refractivity contribution in [3.8, 4) is 0 Å². The van der Waals surface area contributed by atoms with Gasteiger partial charge in [0.1, 0.15) is 5.67 Å². The Balaban J connectivity index is 2.00. The lowest BCUT2D eigenvalue weighted by molar-refractivity contribution is -0.177. The molecule has 0 saturated heterocycles. The normalized spacial score (nSPS) is 54.9. The van der Waals surface area contributed by atoms with Gasteiger partial charge >= 0.3 is 5.97 Å². The van der Waals surface area contributed by atoms with E-state index >= 15 is 0 Å². The molecule has 2 nitrogen and oxygen atoms in total. The van der Waals surface area contributed by atoms with Gasteiger partial charge < -0.3 is 5.11 Å². The minimum absolute atomic E-state index is 0.280. The van der Waals surface area contributed by atoms with Gasteiger partial charge in [0.2, 0.25) is 0 Å². The van der Waals surface area contributed by atoms with Crippen LogP contribution < -0.4 is 0 Å². The molecule has 4 bridgehead atoms. The van der Waals surface area contributed by atoms with Gasteiger partial charge in [0, 0.05) is 0 Å². The molecule has 4 saturated carbocycles. The predicted molar refractivity (Wildman–Crippen MR) is 48.6 cm³/mol. The van der Waals surface area contributed by atoms with Gasteiger partial charge in [0.05, 0.1) is 5.41 Å². The molecule has 2 atom stereocenters. The Labute approximate surface area is 82.5 Å². The van der Waals surface area contributed by atoms with Crippen LogP contribution in [0.2, 0.25) is 0 Å². The molecule has 3 heteroatoms. The fourth-order valence-electron chi connectivity index (χ4n) is 4.40. The smallest absolute Gasteiger partial charge is 0.309 e. The average Bonchev–Trinajstić information content (AvgIpc) is 1.98. The molecule has 78 valence electrons. The number of carbonyl (C=O) groups is 1. The van der Waals surface area contributed by atoms with Crippen molar-refractivity contribution in [1.29, 1.82) is 0 Å². The molecule has 4 rings (SSSR count). The van der Waals surface area contributed by atoms with Crippen molar-refractivity contribution in [1.82, 2.24) is 0 Å². The topological polar surface area (TPSA) is 37.3 Å². The summed E-state index contributed by atoms with van der Waals surface area (Å²) in [6, 6.07) is 0. The molecule has 0 aromatic carbocycles. The van der Waals surface area contributed by atoms with Gasteiger partial charge in [-0.15, -0.1) is 0 Å². The summed E-state index contributed by atoms with van der Waals surface area (Å²) in [6.45, 7) is 0. The Kier molecular flexibility index (Phi) is 1.43. The maximum Gasteiger partial charge on any atom is 0.309 e. The molecule has 14 heavy (non-hydrogen) atoms. The van der Waals surface area contributed by atoms with Crippen molar-refractivity contribution in [3.05, 3.63) is 0 Å². The number of hydrogen-bond donors (Lipinski definition) is 1. The van der Waals surface area contributed by atoms with E-state index in [4.69, 9.17) is 0 Å². The highest BCUT2D eigenvalue weighted by molar-refractivity contribution is 5.75. The molecule has 0 heterocycles. The number of carboxylic acid groups (broad SMARTS) is 1. The number of rotatable bonds is 1. The Morgan fingerprint density at radius 2 is 1.79 bits per heavy atom. The summed E-state index contributed by atoms with van der Waals surface area (Å²) in [6.07, 6.45) is 4.05. The summed E-state index contributed by atoms with van der Waals surface area (Å²) in [5.41, 5.74) is -1.83. The van der Waals surface area contributed by atoms with Crippen molar-refractivity contribution in [2.24, 2.45) is 17.3 Å². The van der Waals surface area contributed by atoms with Crippen LogP contribution in [0.5, 0.6) is 0 Å². The van der Waals surface area contributed by atoms with E-state index in [-0.39, 0.29) is 6.42 Å². The highest BCUT2D eigenvalue weighted by Gasteiger charge is 2.61. The zero-order valence-corrected chi connectivity index (χ0v) is 8.13. The first-order valence-electron chi connectivity index (χ1n) is 5.44. The van der Waals surface area contributed by atoms with E-state index < -0.39 is 17.1 Å². The van der Waals surface area contributed by atoms with E-state index in [1.165, 1.54) is 0 Å². The Hall–Kier alpha value is -0.600. The van der Waals surface area contributed by atoms with Crippen LogP contribution in [0.15, 0.2) is 0 Å². The number of aliphatic carboxylic acids is 1. The number of halogens is 1. The average molecular weight is 198 g/mol. The second kappa shape index (κ2) is 2.31. The molecule has 4 fully saturated rings. The summed E-state index contributed by atoms with van der Waals surface area (Å²) >= 11 is 0. The molecular weight excluding hydrogens is 183 g/mol. The van der Waals surface area contributed by atoms with Crippen LogP contribution in [0, 0.1) is 17.3 Å². The second-order valence-corrected chi connectivity index (χ2v) is 5.70. The van der Waals surface area contributed by atoms with Gasteiger partial charge in [0.15, 0.2) is 0 Å². The van der Waals surface area contributed by atoms with E-state index in [9.17, 15) is 14.3 Å². The largest absolute Gasteiger partial charge is 0.481 e. The van der Waals surface area contributed by atoms with Crippen molar-refractivity contribution >= 4 is 5.97 Å². The van der Waals surface area contributed by atoms with Gasteiger partial charge in [-0.1, -0.05) is 0 Å². The standard InChI is InChI=1S/C11H15FO2/c12-11-4-7-1-8(5-11)3-10(2-7,6-11)9(13)14/h7-8H,1-6H2,(H,13,14)/t7-,8-,10?,11?/m0/s1. The monoisotopic (exact) mass is 198 g/mol. The SMILES string of the molecule is O=C(O)C12C[C@@H]3C[C@H](CC(F)(C3)C1)C2. The summed E-state index contributed by atoms with van der Waals surface area (Å²) in [4.78, 5) is 11.2. The zero-order chi connectivity index (χ0) is 9.97. The first kappa shape index (κ1) is 8.69. The maximum absolute atomic E-state index is 14.2. The van der Waals surface area contributed by atoms with Crippen LogP contribution in [0.1, 0.15) is 38.5 Å². The molecule has 0 aromatic rings. The van der Waals surface area contributed by atoms with Crippen molar-refractivity contribution in [2.45, 2.75) is 44.2 Å². The first-order chi connectivity index (χ1) is 6.51.